The molecule has 0 amide bonds. The van der Waals surface area contributed by atoms with Gasteiger partial charge in [-0.15, -0.1) is 0 Å². The van der Waals surface area contributed by atoms with Gasteiger partial charge in [0, 0.05) is 25.9 Å². The Labute approximate surface area is 259 Å². The van der Waals surface area contributed by atoms with Crippen LogP contribution in [0.5, 0.6) is 0 Å². The molecular weight excluding hydrogens is 597 g/mol. The van der Waals surface area contributed by atoms with Gasteiger partial charge in [0.15, 0.2) is 19.0 Å². The topological polar surface area (TPSA) is 123 Å². The molecule has 0 aliphatic rings. The minimum atomic E-state index is -1.42. The molecule has 1 heterocycles. The highest BCUT2D eigenvalue weighted by Crippen LogP contribution is 2.38. The Bertz CT molecular complexity index is 1500. The first-order valence-electron chi connectivity index (χ1n) is 13.5. The smallest absolute Gasteiger partial charge is 0.311 e. The third kappa shape index (κ3) is 8.44. The highest BCUT2D eigenvalue weighted by atomic mass is 35.5. The van der Waals surface area contributed by atoms with Crippen LogP contribution in [0.25, 0.3) is 11.5 Å². The predicted molar refractivity (Wildman–Crippen MR) is 165 cm³/mol. The molecule has 1 aromatic heterocycles. The van der Waals surface area contributed by atoms with Crippen molar-refractivity contribution in [3.05, 3.63) is 82.7 Å². The van der Waals surface area contributed by atoms with Crippen LogP contribution in [-0.4, -0.2) is 65.7 Å². The minimum Gasteiger partial charge on any atom is -0.382 e. The normalized spacial score (nSPS) is 14.8. The maximum atomic E-state index is 14.6. The standard InChI is InChI=1S/C30H36ClF3N8O2/c1-29(2,3)16-30(17-43,22-9-6-20(7-10-22)24(33)12-13-37-38-18-32)40-28(35)41(4)26(15-44-5)21-8-11-23(31)25(14-21)42-27(34)36-19-39-42/h6-14,17,19,26,38H,15-16,18H2,1-5H3,(H2,35,40)/b24-12-,37-13-/t26?,30-/m0/s1. The summed E-state index contributed by atoms with van der Waals surface area (Å²) in [5, 5.41) is 7.66. The quantitative estimate of drug-likeness (QED) is 0.0858. The van der Waals surface area contributed by atoms with Crippen LogP contribution in [0, 0.1) is 11.5 Å². The van der Waals surface area contributed by atoms with Crippen molar-refractivity contribution in [2.45, 2.75) is 38.8 Å². The monoisotopic (exact) mass is 632 g/mol. The molecule has 0 spiro atoms. The van der Waals surface area contributed by atoms with Crippen molar-refractivity contribution in [1.29, 1.82) is 0 Å². The average Bonchev–Trinajstić information content (AvgIpc) is 3.42. The summed E-state index contributed by atoms with van der Waals surface area (Å²) in [5.74, 6) is -0.578. The number of methoxy groups -OCH3 is 1. The van der Waals surface area contributed by atoms with Crippen LogP contribution in [0.2, 0.25) is 5.02 Å². The number of alkyl halides is 1. The lowest BCUT2D eigenvalue weighted by Gasteiger charge is -2.35. The van der Waals surface area contributed by atoms with Gasteiger partial charge in [0.05, 0.1) is 23.4 Å². The molecule has 1 unspecified atom stereocenters. The van der Waals surface area contributed by atoms with E-state index in [2.05, 4.69) is 20.6 Å². The summed E-state index contributed by atoms with van der Waals surface area (Å²) in [6.45, 7) is 5.18. The second-order valence-corrected chi connectivity index (χ2v) is 11.6. The molecule has 0 fully saturated rings. The molecule has 2 atom stereocenters. The largest absolute Gasteiger partial charge is 0.382 e. The van der Waals surface area contributed by atoms with Crippen LogP contribution in [0.1, 0.15) is 49.9 Å². The Hall–Kier alpha value is -4.23. The summed E-state index contributed by atoms with van der Waals surface area (Å²) in [7, 11) is 3.22. The molecule has 14 heteroatoms. The Morgan fingerprint density at radius 2 is 1.95 bits per heavy atom. The lowest BCUT2D eigenvalue weighted by molar-refractivity contribution is -0.113. The number of carbonyl (C=O) groups is 1. The summed E-state index contributed by atoms with van der Waals surface area (Å²) >= 11 is 6.35. The summed E-state index contributed by atoms with van der Waals surface area (Å²) in [5.41, 5.74) is 8.51. The first kappa shape index (κ1) is 34.3. The van der Waals surface area contributed by atoms with Gasteiger partial charge in [-0.3, -0.25) is 5.43 Å². The van der Waals surface area contributed by atoms with Gasteiger partial charge in [-0.1, -0.05) is 62.7 Å². The SMILES string of the molecule is COCC(c1ccc(Cl)c(-n2ncnc2F)c1)N(C)C(N)=N[C@](C=O)(CC(C)(C)C)c1ccc(/C(F)=C/C=N\NCF)cc1. The van der Waals surface area contributed by atoms with Crippen molar-refractivity contribution in [1.82, 2.24) is 25.1 Å². The van der Waals surface area contributed by atoms with Crippen molar-refractivity contribution >= 4 is 35.9 Å². The third-order valence-corrected chi connectivity index (χ3v) is 6.98. The van der Waals surface area contributed by atoms with E-state index in [1.165, 1.54) is 19.2 Å². The van der Waals surface area contributed by atoms with Gasteiger partial charge in [-0.25, -0.2) is 13.8 Å². The molecule has 236 valence electrons. The number of guanidine groups is 1. The predicted octanol–water partition coefficient (Wildman–Crippen LogP) is 5.34. The number of carbonyl (C=O) groups excluding carboxylic acids is 1. The van der Waals surface area contributed by atoms with Gasteiger partial charge in [0.2, 0.25) is 0 Å². The Morgan fingerprint density at radius 1 is 1.25 bits per heavy atom. The Kier molecular flexibility index (Phi) is 11.7. The van der Waals surface area contributed by atoms with Crippen molar-refractivity contribution < 1.29 is 22.7 Å². The van der Waals surface area contributed by atoms with E-state index in [1.54, 1.807) is 42.3 Å². The molecule has 44 heavy (non-hydrogen) atoms. The number of nitrogens with two attached hydrogens (primary N) is 1. The lowest BCUT2D eigenvalue weighted by Crippen LogP contribution is -2.42. The molecule has 0 saturated heterocycles. The van der Waals surface area contributed by atoms with Crippen LogP contribution >= 0.6 is 11.6 Å². The molecule has 0 aliphatic carbocycles. The van der Waals surface area contributed by atoms with E-state index in [1.807, 2.05) is 20.8 Å². The van der Waals surface area contributed by atoms with Gasteiger partial charge in [-0.2, -0.15) is 24.3 Å². The molecule has 3 rings (SSSR count). The van der Waals surface area contributed by atoms with Crippen LogP contribution < -0.4 is 11.2 Å². The molecule has 0 aliphatic heterocycles. The molecule has 0 saturated carbocycles. The van der Waals surface area contributed by atoms with E-state index in [9.17, 15) is 18.0 Å². The summed E-state index contributed by atoms with van der Waals surface area (Å²) < 4.78 is 47.4. The Balaban J connectivity index is 2.04. The summed E-state index contributed by atoms with van der Waals surface area (Å²) in [4.78, 5) is 22.8. The minimum absolute atomic E-state index is 0.0264. The fourth-order valence-corrected chi connectivity index (χ4v) is 4.87. The van der Waals surface area contributed by atoms with Crippen molar-refractivity contribution in [2.75, 3.05) is 27.6 Å². The highest BCUT2D eigenvalue weighted by molar-refractivity contribution is 6.32. The van der Waals surface area contributed by atoms with Crippen LogP contribution in [0.3, 0.4) is 0 Å². The van der Waals surface area contributed by atoms with E-state index in [-0.39, 0.29) is 40.7 Å². The van der Waals surface area contributed by atoms with Gasteiger partial charge in [-0.05, 0) is 41.2 Å². The first-order chi connectivity index (χ1) is 20.9. The number of ether oxygens (including phenoxy) is 1. The number of nitrogens with one attached hydrogen (secondary N) is 1. The van der Waals surface area contributed by atoms with E-state index >= 15 is 0 Å². The zero-order valence-corrected chi connectivity index (χ0v) is 25.9. The van der Waals surface area contributed by atoms with E-state index < -0.39 is 30.3 Å². The molecule has 0 radical (unpaired) electrons. The molecule has 10 nitrogen and oxygen atoms in total. The van der Waals surface area contributed by atoms with Gasteiger partial charge >= 0.3 is 6.08 Å². The van der Waals surface area contributed by atoms with Gasteiger partial charge in [0.1, 0.15) is 17.7 Å². The van der Waals surface area contributed by atoms with E-state index in [0.29, 0.717) is 11.1 Å². The molecule has 2 aromatic carbocycles. The summed E-state index contributed by atoms with van der Waals surface area (Å²) in [6, 6.07) is 10.7. The highest BCUT2D eigenvalue weighted by Gasteiger charge is 2.37. The average molecular weight is 633 g/mol. The second kappa shape index (κ2) is 15.0. The number of aldehydes is 1. The van der Waals surface area contributed by atoms with Crippen LogP contribution in [0.15, 0.2) is 65.0 Å². The number of nitrogens with zero attached hydrogens (tertiary/aromatic N) is 6. The van der Waals surface area contributed by atoms with E-state index in [0.717, 1.165) is 29.6 Å². The second-order valence-electron chi connectivity index (χ2n) is 11.1. The molecule has 3 N–H and O–H groups in total. The summed E-state index contributed by atoms with van der Waals surface area (Å²) in [6.07, 6.45) is 3.44. The maximum absolute atomic E-state index is 14.6. The number of aliphatic imine (C=N–C) groups is 1. The first-order valence-corrected chi connectivity index (χ1v) is 13.9. The van der Waals surface area contributed by atoms with Crippen molar-refractivity contribution in [3.8, 4) is 5.69 Å². The zero-order valence-electron chi connectivity index (χ0n) is 25.1. The zero-order chi connectivity index (χ0) is 32.5. The van der Waals surface area contributed by atoms with Gasteiger partial charge < -0.3 is 20.2 Å². The Morgan fingerprint density at radius 3 is 2.52 bits per heavy atom. The molecular formula is C30H36ClF3N8O2. The lowest BCUT2D eigenvalue weighted by atomic mass is 9.76. The number of aromatic nitrogens is 3. The fourth-order valence-electron chi connectivity index (χ4n) is 4.68. The number of hydrazone groups is 1. The number of hydrogen-bond donors (Lipinski definition) is 2. The van der Waals surface area contributed by atoms with Crippen molar-refractivity contribution in [2.24, 2.45) is 21.2 Å². The third-order valence-electron chi connectivity index (χ3n) is 6.66. The number of rotatable bonds is 13. The maximum Gasteiger partial charge on any atom is 0.311 e. The number of likely N-dealkylation sites (N-methyl/N-ethyl adjacent to an activating group) is 1. The molecule has 0 bridgehead atoms. The number of benzene rings is 2. The number of hydrogen-bond acceptors (Lipinski definition) is 7. The number of halogens is 4. The van der Waals surface area contributed by atoms with Crippen LogP contribution in [0.4, 0.5) is 13.2 Å². The van der Waals surface area contributed by atoms with Crippen molar-refractivity contribution in [3.63, 3.8) is 0 Å². The fraction of sp³-hybridized carbons (Fsp3) is 0.367. The van der Waals surface area contributed by atoms with Gasteiger partial charge in [0.25, 0.3) is 0 Å². The molecule has 3 aromatic rings. The number of allylic oxidation sites excluding steroid dienone is 1. The van der Waals surface area contributed by atoms with Crippen LogP contribution in [-0.2, 0) is 15.1 Å². The van der Waals surface area contributed by atoms with E-state index in [4.69, 9.17) is 27.1 Å².